The topological polar surface area (TPSA) is 132 Å². The fourth-order valence-corrected chi connectivity index (χ4v) is 3.97. The highest BCUT2D eigenvalue weighted by atomic mass is 35.5. The summed E-state index contributed by atoms with van der Waals surface area (Å²) in [5, 5.41) is 11.9. The number of hydrogen-bond donors (Lipinski definition) is 2. The number of benzene rings is 1. The van der Waals surface area contributed by atoms with Crippen LogP contribution in [0.25, 0.3) is 33.8 Å². The molecule has 0 radical (unpaired) electrons. The second-order valence-corrected chi connectivity index (χ2v) is 8.34. The van der Waals surface area contributed by atoms with Gasteiger partial charge < -0.3 is 9.73 Å². The molecule has 0 spiro atoms. The van der Waals surface area contributed by atoms with Gasteiger partial charge in [0.05, 0.1) is 28.9 Å². The molecular formula is C23H19ClN6O4. The van der Waals surface area contributed by atoms with E-state index >= 15 is 0 Å². The van der Waals surface area contributed by atoms with Gasteiger partial charge in [-0.2, -0.15) is 5.10 Å². The van der Waals surface area contributed by atoms with E-state index in [0.717, 1.165) is 11.1 Å². The second kappa shape index (κ2) is 8.31. The first-order valence-electron chi connectivity index (χ1n) is 10.4. The van der Waals surface area contributed by atoms with Crippen molar-refractivity contribution in [1.82, 2.24) is 24.9 Å². The molecule has 5 aromatic rings. The van der Waals surface area contributed by atoms with Crippen molar-refractivity contribution in [1.29, 1.82) is 0 Å². The SMILES string of the molecule is Cc1cc([C@@H](C)Nc2ccc(Cl)nc2-c2noc(=O)[nH]2)c2oc(-c3cnn(C)c3)cc(=O)c2c1. The number of nitrogens with one attached hydrogen (secondary N) is 2. The van der Waals surface area contributed by atoms with Crippen LogP contribution in [0.3, 0.4) is 0 Å². The van der Waals surface area contributed by atoms with E-state index in [0.29, 0.717) is 33.7 Å². The van der Waals surface area contributed by atoms with Crippen LogP contribution in [0.5, 0.6) is 0 Å². The molecule has 0 aliphatic rings. The molecule has 0 bridgehead atoms. The van der Waals surface area contributed by atoms with Gasteiger partial charge in [-0.1, -0.05) is 22.8 Å². The van der Waals surface area contributed by atoms with E-state index in [2.05, 4.69) is 30.1 Å². The van der Waals surface area contributed by atoms with Gasteiger partial charge in [-0.25, -0.2) is 9.78 Å². The molecule has 0 aliphatic heterocycles. The van der Waals surface area contributed by atoms with Crippen molar-refractivity contribution < 1.29 is 8.94 Å². The molecule has 0 unspecified atom stereocenters. The van der Waals surface area contributed by atoms with Gasteiger partial charge in [-0.15, -0.1) is 0 Å². The summed E-state index contributed by atoms with van der Waals surface area (Å²) < 4.78 is 12.5. The number of H-pyrrole nitrogens is 1. The molecule has 1 aromatic carbocycles. The van der Waals surface area contributed by atoms with Crippen LogP contribution in [0.2, 0.25) is 5.15 Å². The van der Waals surface area contributed by atoms with Crippen LogP contribution in [-0.4, -0.2) is 24.9 Å². The first-order valence-corrected chi connectivity index (χ1v) is 10.7. The Morgan fingerprint density at radius 2 is 2.03 bits per heavy atom. The van der Waals surface area contributed by atoms with Gasteiger partial charge in [0.25, 0.3) is 0 Å². The predicted octanol–water partition coefficient (Wildman–Crippen LogP) is 4.07. The Kier molecular flexibility index (Phi) is 5.29. The summed E-state index contributed by atoms with van der Waals surface area (Å²) in [5.74, 6) is -0.135. The van der Waals surface area contributed by atoms with Crippen LogP contribution in [0.15, 0.2) is 61.3 Å². The number of nitrogens with zero attached hydrogens (tertiary/aromatic N) is 4. The van der Waals surface area contributed by atoms with Crippen LogP contribution < -0.4 is 16.5 Å². The summed E-state index contributed by atoms with van der Waals surface area (Å²) in [6.45, 7) is 3.84. The summed E-state index contributed by atoms with van der Waals surface area (Å²) in [6, 6.07) is 8.26. The molecule has 0 saturated heterocycles. The third-order valence-corrected chi connectivity index (χ3v) is 5.57. The molecule has 2 N–H and O–H groups in total. The highest BCUT2D eigenvalue weighted by Gasteiger charge is 2.20. The molecule has 0 amide bonds. The Morgan fingerprint density at radius 3 is 2.74 bits per heavy atom. The summed E-state index contributed by atoms with van der Waals surface area (Å²) >= 11 is 6.07. The van der Waals surface area contributed by atoms with Crippen LogP contribution in [0.1, 0.15) is 24.1 Å². The number of anilines is 1. The molecule has 0 fully saturated rings. The van der Waals surface area contributed by atoms with Crippen LogP contribution in [0.4, 0.5) is 5.69 Å². The average molecular weight is 479 g/mol. The molecule has 10 nitrogen and oxygen atoms in total. The highest BCUT2D eigenvalue weighted by Crippen LogP contribution is 2.32. The van der Waals surface area contributed by atoms with Crippen molar-refractivity contribution in [3.05, 3.63) is 79.8 Å². The molecule has 5 rings (SSSR count). The smallest absolute Gasteiger partial charge is 0.439 e. The van der Waals surface area contributed by atoms with Gasteiger partial charge >= 0.3 is 5.76 Å². The van der Waals surface area contributed by atoms with Crippen LogP contribution >= 0.6 is 11.6 Å². The van der Waals surface area contributed by atoms with Gasteiger partial charge in [-0.05, 0) is 37.6 Å². The Hall–Kier alpha value is -4.18. The molecule has 0 aliphatic carbocycles. The summed E-state index contributed by atoms with van der Waals surface area (Å²) in [6.07, 6.45) is 3.42. The zero-order chi connectivity index (χ0) is 24.0. The molecule has 0 saturated carbocycles. The predicted molar refractivity (Wildman–Crippen MR) is 127 cm³/mol. The second-order valence-electron chi connectivity index (χ2n) is 7.95. The van der Waals surface area contributed by atoms with Crippen molar-refractivity contribution in [2.45, 2.75) is 19.9 Å². The van der Waals surface area contributed by atoms with E-state index in [9.17, 15) is 9.59 Å². The lowest BCUT2D eigenvalue weighted by Gasteiger charge is -2.19. The molecule has 34 heavy (non-hydrogen) atoms. The van der Waals surface area contributed by atoms with Crippen molar-refractivity contribution >= 4 is 28.3 Å². The number of aromatic amines is 1. The van der Waals surface area contributed by atoms with Gasteiger partial charge in [0.1, 0.15) is 22.2 Å². The third kappa shape index (κ3) is 3.99. The maximum Gasteiger partial charge on any atom is 0.439 e. The maximum atomic E-state index is 13.0. The molecule has 11 heteroatoms. The third-order valence-electron chi connectivity index (χ3n) is 5.36. The number of hydrogen-bond acceptors (Lipinski definition) is 8. The lowest BCUT2D eigenvalue weighted by Crippen LogP contribution is -2.11. The summed E-state index contributed by atoms with van der Waals surface area (Å²) in [5.41, 5.74) is 3.58. The number of aromatic nitrogens is 5. The number of pyridine rings is 1. The standard InChI is InChI=1S/C23H19ClN6O4/c1-11-6-14(21-15(7-11)17(31)8-18(33-21)13-9-25-30(3)10-13)12(2)26-16-4-5-19(24)27-20(16)22-28-23(32)34-29-22/h4-10,12,26H,1-3H3,(H,28,29,32)/t12-/m1/s1. The van der Waals surface area contributed by atoms with E-state index in [-0.39, 0.29) is 22.4 Å². The Balaban J connectivity index is 1.62. The van der Waals surface area contributed by atoms with E-state index < -0.39 is 5.76 Å². The Labute approximate surface area is 197 Å². The minimum absolute atomic E-state index is 0.140. The van der Waals surface area contributed by atoms with Crippen LogP contribution in [0, 0.1) is 6.92 Å². The zero-order valence-electron chi connectivity index (χ0n) is 18.4. The first kappa shape index (κ1) is 21.7. The number of halogens is 1. The first-order chi connectivity index (χ1) is 16.3. The largest absolute Gasteiger partial charge is 0.455 e. The van der Waals surface area contributed by atoms with Crippen molar-refractivity contribution in [3.8, 4) is 22.8 Å². The van der Waals surface area contributed by atoms with Crippen molar-refractivity contribution in [2.75, 3.05) is 5.32 Å². The van der Waals surface area contributed by atoms with Gasteiger partial charge in [0.15, 0.2) is 5.43 Å². The Morgan fingerprint density at radius 1 is 1.21 bits per heavy atom. The number of aryl methyl sites for hydroxylation is 2. The molecule has 172 valence electrons. The quantitative estimate of drug-likeness (QED) is 0.361. The summed E-state index contributed by atoms with van der Waals surface area (Å²) in [7, 11) is 1.79. The van der Waals surface area contributed by atoms with E-state index in [1.165, 1.54) is 6.07 Å². The molecule has 4 aromatic heterocycles. The zero-order valence-corrected chi connectivity index (χ0v) is 19.2. The average Bonchev–Trinajstić information content (AvgIpc) is 3.43. The fourth-order valence-electron chi connectivity index (χ4n) is 3.82. The lowest BCUT2D eigenvalue weighted by atomic mass is 10.0. The van der Waals surface area contributed by atoms with Crippen LogP contribution in [-0.2, 0) is 7.05 Å². The van der Waals surface area contributed by atoms with Gasteiger partial charge in [0.2, 0.25) is 5.82 Å². The number of rotatable bonds is 5. The van der Waals surface area contributed by atoms with Crippen molar-refractivity contribution in [3.63, 3.8) is 0 Å². The fraction of sp³-hybridized carbons (Fsp3) is 0.174. The minimum Gasteiger partial charge on any atom is -0.455 e. The maximum absolute atomic E-state index is 13.0. The number of fused-ring (bicyclic) bond motifs is 1. The van der Waals surface area contributed by atoms with Crippen molar-refractivity contribution in [2.24, 2.45) is 7.05 Å². The molecule has 4 heterocycles. The molecular weight excluding hydrogens is 460 g/mol. The molecule has 1 atom stereocenters. The highest BCUT2D eigenvalue weighted by molar-refractivity contribution is 6.29. The van der Waals surface area contributed by atoms with E-state index in [1.54, 1.807) is 42.3 Å². The van der Waals surface area contributed by atoms with Gasteiger partial charge in [-0.3, -0.25) is 19.0 Å². The van der Waals surface area contributed by atoms with E-state index in [1.807, 2.05) is 19.9 Å². The van der Waals surface area contributed by atoms with Gasteiger partial charge in [0, 0.05) is 24.9 Å². The minimum atomic E-state index is -0.704. The lowest BCUT2D eigenvalue weighted by molar-refractivity contribution is 0.388. The van der Waals surface area contributed by atoms with E-state index in [4.69, 9.17) is 16.0 Å². The summed E-state index contributed by atoms with van der Waals surface area (Å²) in [4.78, 5) is 31.2. The monoisotopic (exact) mass is 478 g/mol. The Bertz CT molecular complexity index is 1650. The normalized spacial score (nSPS) is 12.2.